The SMILES string of the molecule is N=C1CCCCC(Cc2cn(-c3ccccc3)nc2C(F)(F)F)N1. The van der Waals surface area contributed by atoms with Crippen LogP contribution in [0.1, 0.15) is 36.9 Å². The van der Waals surface area contributed by atoms with Gasteiger partial charge in [0.05, 0.1) is 11.5 Å². The second-order valence-electron chi connectivity index (χ2n) is 6.05. The molecule has 2 N–H and O–H groups in total. The largest absolute Gasteiger partial charge is 0.435 e. The zero-order chi connectivity index (χ0) is 17.2. The fourth-order valence-corrected chi connectivity index (χ4v) is 3.01. The van der Waals surface area contributed by atoms with E-state index in [-0.39, 0.29) is 18.0 Å². The molecule has 1 aliphatic heterocycles. The summed E-state index contributed by atoms with van der Waals surface area (Å²) < 4.78 is 41.3. The highest BCUT2D eigenvalue weighted by molar-refractivity contribution is 5.79. The number of alkyl halides is 3. The summed E-state index contributed by atoms with van der Waals surface area (Å²) in [6.07, 6.45) is 0.403. The van der Waals surface area contributed by atoms with E-state index in [1.54, 1.807) is 30.3 Å². The monoisotopic (exact) mass is 336 g/mol. The van der Waals surface area contributed by atoms with Gasteiger partial charge in [0, 0.05) is 24.2 Å². The van der Waals surface area contributed by atoms with Gasteiger partial charge in [-0.2, -0.15) is 18.3 Å². The van der Waals surface area contributed by atoms with Gasteiger partial charge in [0.25, 0.3) is 0 Å². The lowest BCUT2D eigenvalue weighted by Crippen LogP contribution is -2.34. The summed E-state index contributed by atoms with van der Waals surface area (Å²) in [7, 11) is 0. The van der Waals surface area contributed by atoms with Crippen LogP contribution in [-0.4, -0.2) is 21.7 Å². The van der Waals surface area contributed by atoms with Crippen LogP contribution < -0.4 is 5.32 Å². The van der Waals surface area contributed by atoms with Crippen LogP contribution in [0.3, 0.4) is 0 Å². The number of hydrogen-bond acceptors (Lipinski definition) is 2. The van der Waals surface area contributed by atoms with Gasteiger partial charge in [-0.25, -0.2) is 4.68 Å². The maximum absolute atomic E-state index is 13.4. The number of rotatable bonds is 3. The molecule has 0 aliphatic carbocycles. The van der Waals surface area contributed by atoms with Crippen molar-refractivity contribution < 1.29 is 13.2 Å². The van der Waals surface area contributed by atoms with E-state index in [9.17, 15) is 13.2 Å². The van der Waals surface area contributed by atoms with E-state index in [0.29, 0.717) is 17.9 Å². The lowest BCUT2D eigenvalue weighted by molar-refractivity contribution is -0.142. The van der Waals surface area contributed by atoms with Gasteiger partial charge in [-0.1, -0.05) is 24.6 Å². The Morgan fingerprint density at radius 3 is 2.67 bits per heavy atom. The van der Waals surface area contributed by atoms with Crippen LogP contribution in [0, 0.1) is 5.41 Å². The Morgan fingerprint density at radius 2 is 1.96 bits per heavy atom. The molecule has 24 heavy (non-hydrogen) atoms. The summed E-state index contributed by atoms with van der Waals surface area (Å²) in [4.78, 5) is 0. The summed E-state index contributed by atoms with van der Waals surface area (Å²) in [5.74, 6) is 0.404. The number of amidine groups is 1. The molecule has 0 saturated carbocycles. The maximum atomic E-state index is 13.4. The van der Waals surface area contributed by atoms with E-state index in [0.717, 1.165) is 19.3 Å². The minimum absolute atomic E-state index is 0.158. The van der Waals surface area contributed by atoms with Crippen molar-refractivity contribution in [3.63, 3.8) is 0 Å². The Labute approximate surface area is 138 Å². The standard InChI is InChI=1S/C17H19F3N4/c18-17(19,20)16-12(10-13-6-4-5-9-15(21)22-13)11-24(23-16)14-7-2-1-3-8-14/h1-3,7-8,11,13H,4-6,9-10H2,(H2,21,22). The van der Waals surface area contributed by atoms with Gasteiger partial charge in [0.1, 0.15) is 0 Å². The van der Waals surface area contributed by atoms with Crippen LogP contribution in [-0.2, 0) is 12.6 Å². The highest BCUT2D eigenvalue weighted by atomic mass is 19.4. The molecule has 1 atom stereocenters. The number of halogens is 3. The third kappa shape index (κ3) is 3.77. The van der Waals surface area contributed by atoms with Crippen LogP contribution in [0.4, 0.5) is 13.2 Å². The van der Waals surface area contributed by atoms with Crippen LogP contribution in [0.25, 0.3) is 5.69 Å². The quantitative estimate of drug-likeness (QED) is 0.892. The number of hydrogen-bond donors (Lipinski definition) is 2. The van der Waals surface area contributed by atoms with E-state index in [4.69, 9.17) is 5.41 Å². The predicted molar refractivity (Wildman–Crippen MR) is 85.4 cm³/mol. The molecule has 0 bridgehead atoms. The van der Waals surface area contributed by atoms with E-state index in [1.807, 2.05) is 0 Å². The van der Waals surface area contributed by atoms with Gasteiger partial charge >= 0.3 is 6.18 Å². The Morgan fingerprint density at radius 1 is 1.21 bits per heavy atom. The first kappa shape index (κ1) is 16.5. The highest BCUT2D eigenvalue weighted by Crippen LogP contribution is 2.32. The summed E-state index contributed by atoms with van der Waals surface area (Å²) in [6, 6.07) is 8.61. The van der Waals surface area contributed by atoms with Crippen molar-refractivity contribution in [3.05, 3.63) is 47.8 Å². The van der Waals surface area contributed by atoms with E-state index < -0.39 is 11.9 Å². The van der Waals surface area contributed by atoms with Crippen molar-refractivity contribution in [1.29, 1.82) is 5.41 Å². The zero-order valence-corrected chi connectivity index (χ0v) is 13.1. The smallest absolute Gasteiger partial charge is 0.371 e. The molecule has 1 saturated heterocycles. The number of para-hydroxylation sites is 1. The van der Waals surface area contributed by atoms with Crippen LogP contribution >= 0.6 is 0 Å². The van der Waals surface area contributed by atoms with E-state index in [2.05, 4.69) is 10.4 Å². The molecule has 1 aliphatic rings. The summed E-state index contributed by atoms with van der Waals surface area (Å²) in [5.41, 5.74) is -0.0849. The molecule has 128 valence electrons. The van der Waals surface area contributed by atoms with Crippen molar-refractivity contribution >= 4 is 5.84 Å². The zero-order valence-electron chi connectivity index (χ0n) is 13.1. The summed E-state index contributed by atoms with van der Waals surface area (Å²) >= 11 is 0. The molecular formula is C17H19F3N4. The molecule has 0 radical (unpaired) electrons. The predicted octanol–water partition coefficient (Wildman–Crippen LogP) is 3.94. The van der Waals surface area contributed by atoms with E-state index >= 15 is 0 Å². The van der Waals surface area contributed by atoms with Gasteiger partial charge in [-0.3, -0.25) is 5.41 Å². The lowest BCUT2D eigenvalue weighted by Gasteiger charge is -2.17. The Bertz CT molecular complexity index is 706. The molecule has 2 heterocycles. The molecule has 1 fully saturated rings. The number of nitrogens with one attached hydrogen (secondary N) is 2. The number of aromatic nitrogens is 2. The topological polar surface area (TPSA) is 53.7 Å². The van der Waals surface area contributed by atoms with Gasteiger partial charge in [0.2, 0.25) is 0 Å². The lowest BCUT2D eigenvalue weighted by atomic mass is 10.0. The van der Waals surface area contributed by atoms with Crippen LogP contribution in [0.15, 0.2) is 36.5 Å². The van der Waals surface area contributed by atoms with Crippen molar-refractivity contribution in [1.82, 2.24) is 15.1 Å². The third-order valence-corrected chi connectivity index (χ3v) is 4.15. The molecular weight excluding hydrogens is 317 g/mol. The normalized spacial score (nSPS) is 19.0. The second kappa shape index (κ2) is 6.67. The van der Waals surface area contributed by atoms with Crippen LogP contribution in [0.2, 0.25) is 0 Å². The van der Waals surface area contributed by atoms with Crippen molar-refractivity contribution in [2.45, 2.75) is 44.3 Å². The summed E-state index contributed by atoms with van der Waals surface area (Å²) in [6.45, 7) is 0. The van der Waals surface area contributed by atoms with Crippen molar-refractivity contribution in [2.24, 2.45) is 0 Å². The second-order valence-corrected chi connectivity index (χ2v) is 6.05. The highest BCUT2D eigenvalue weighted by Gasteiger charge is 2.37. The average Bonchev–Trinajstić information content (AvgIpc) is 2.85. The van der Waals surface area contributed by atoms with Gasteiger partial charge < -0.3 is 5.32 Å². The fraction of sp³-hybridized carbons (Fsp3) is 0.412. The molecule has 7 heteroatoms. The van der Waals surface area contributed by atoms with Crippen LogP contribution in [0.5, 0.6) is 0 Å². The third-order valence-electron chi connectivity index (χ3n) is 4.15. The van der Waals surface area contributed by atoms with Crippen molar-refractivity contribution in [2.75, 3.05) is 0 Å². The minimum atomic E-state index is -4.49. The maximum Gasteiger partial charge on any atom is 0.435 e. The molecule has 4 nitrogen and oxygen atoms in total. The Balaban J connectivity index is 1.91. The minimum Gasteiger partial charge on any atom is -0.371 e. The molecule has 0 amide bonds. The van der Waals surface area contributed by atoms with Gasteiger partial charge in [-0.15, -0.1) is 0 Å². The first-order valence-corrected chi connectivity index (χ1v) is 7.98. The Kier molecular flexibility index (Phi) is 4.59. The summed E-state index contributed by atoms with van der Waals surface area (Å²) in [5, 5.41) is 14.6. The molecule has 1 aromatic heterocycles. The van der Waals surface area contributed by atoms with Gasteiger partial charge in [-0.05, 0) is 31.4 Å². The first-order valence-electron chi connectivity index (χ1n) is 7.98. The number of nitrogens with zero attached hydrogens (tertiary/aromatic N) is 2. The van der Waals surface area contributed by atoms with Crippen molar-refractivity contribution in [3.8, 4) is 5.69 Å². The average molecular weight is 336 g/mol. The Hall–Kier alpha value is -2.31. The van der Waals surface area contributed by atoms with Gasteiger partial charge in [0.15, 0.2) is 5.69 Å². The first-order chi connectivity index (χ1) is 11.4. The molecule has 1 unspecified atom stereocenters. The molecule has 3 rings (SSSR count). The molecule has 1 aromatic carbocycles. The number of benzene rings is 1. The fourth-order valence-electron chi connectivity index (χ4n) is 3.01. The molecule has 2 aromatic rings. The molecule has 0 spiro atoms. The van der Waals surface area contributed by atoms with E-state index in [1.165, 1.54) is 10.9 Å².